The molecule has 1 aromatic heterocycles. The average Bonchev–Trinajstić information content (AvgIpc) is 2.66. The molecule has 2 heterocycles. The van der Waals surface area contributed by atoms with E-state index in [-0.39, 0.29) is 17.5 Å². The van der Waals surface area contributed by atoms with E-state index in [9.17, 15) is 9.59 Å². The smallest absolute Gasteiger partial charge is 0.264 e. The Morgan fingerprint density at radius 1 is 1.40 bits per heavy atom. The fraction of sp³-hybridized carbons (Fsp3) is 0.389. The van der Waals surface area contributed by atoms with Gasteiger partial charge in [0.1, 0.15) is 5.56 Å². The normalized spacial score (nSPS) is 17.5. The lowest BCUT2D eigenvalue weighted by Gasteiger charge is -2.34. The zero-order valence-corrected chi connectivity index (χ0v) is 14.9. The molecule has 1 aliphatic heterocycles. The molecule has 6 nitrogen and oxygen atoms in total. The van der Waals surface area contributed by atoms with Gasteiger partial charge in [-0.2, -0.15) is 0 Å². The molecule has 0 unspecified atom stereocenters. The van der Waals surface area contributed by atoms with E-state index in [1.54, 1.807) is 4.90 Å². The number of aromatic nitrogens is 2. The number of hydrogen-bond acceptors (Lipinski definition) is 5. The first-order chi connectivity index (χ1) is 12.2. The molecule has 0 radical (unpaired) electrons. The maximum atomic E-state index is 12.7. The molecule has 1 amide bonds. The number of morpholine rings is 1. The third-order valence-electron chi connectivity index (χ3n) is 4.18. The second-order valence-corrected chi connectivity index (χ2v) is 6.81. The van der Waals surface area contributed by atoms with Crippen molar-refractivity contribution in [3.63, 3.8) is 0 Å². The maximum Gasteiger partial charge on any atom is 0.264 e. The number of nitrogens with one attached hydrogen (secondary N) is 1. The van der Waals surface area contributed by atoms with E-state index in [1.807, 2.05) is 37.3 Å². The quantitative estimate of drug-likeness (QED) is 0.655. The zero-order chi connectivity index (χ0) is 17.6. The first kappa shape index (κ1) is 17.7. The van der Waals surface area contributed by atoms with Crippen LogP contribution in [0.2, 0.25) is 0 Å². The first-order valence-corrected chi connectivity index (χ1v) is 9.32. The van der Waals surface area contributed by atoms with Crippen LogP contribution in [0.3, 0.4) is 0 Å². The van der Waals surface area contributed by atoms with Gasteiger partial charge in [0, 0.05) is 18.5 Å². The van der Waals surface area contributed by atoms with Gasteiger partial charge in [-0.05, 0) is 12.0 Å². The molecule has 0 spiro atoms. The van der Waals surface area contributed by atoms with Crippen molar-refractivity contribution >= 4 is 17.7 Å². The number of ether oxygens (including phenoxy) is 1. The molecule has 7 heteroatoms. The molecule has 132 valence electrons. The van der Waals surface area contributed by atoms with Gasteiger partial charge < -0.3 is 14.6 Å². The molecule has 1 atom stereocenters. The van der Waals surface area contributed by atoms with Gasteiger partial charge in [0.2, 0.25) is 0 Å². The van der Waals surface area contributed by atoms with Gasteiger partial charge in [0.15, 0.2) is 5.16 Å². The second-order valence-electron chi connectivity index (χ2n) is 5.84. The largest absolute Gasteiger partial charge is 0.377 e. The molecule has 1 fully saturated rings. The van der Waals surface area contributed by atoms with Crippen molar-refractivity contribution in [3.8, 4) is 0 Å². The van der Waals surface area contributed by atoms with Gasteiger partial charge in [-0.15, -0.1) is 0 Å². The fourth-order valence-corrected chi connectivity index (χ4v) is 3.53. The lowest BCUT2D eigenvalue weighted by Crippen LogP contribution is -2.49. The molecule has 1 N–H and O–H groups in total. The highest BCUT2D eigenvalue weighted by atomic mass is 32.2. The Labute approximate surface area is 150 Å². The van der Waals surface area contributed by atoms with Crippen LogP contribution in [0.15, 0.2) is 46.5 Å². The fourth-order valence-electron chi connectivity index (χ4n) is 2.75. The molecule has 1 aromatic carbocycles. The molecular weight excluding hydrogens is 338 g/mol. The highest BCUT2D eigenvalue weighted by Gasteiger charge is 2.28. The molecule has 1 aliphatic rings. The lowest BCUT2D eigenvalue weighted by atomic mass is 10.1. The highest BCUT2D eigenvalue weighted by molar-refractivity contribution is 7.98. The average molecular weight is 359 g/mol. The highest BCUT2D eigenvalue weighted by Crippen LogP contribution is 2.18. The summed E-state index contributed by atoms with van der Waals surface area (Å²) in [4.78, 5) is 33.7. The SMILES string of the molecule is CC[C@H]1COCCN1C(=O)c1cnc(SCc2ccccc2)[nH]c1=O. The number of carbonyl (C=O) groups excluding carboxylic acids is 1. The Kier molecular flexibility index (Phi) is 5.88. The van der Waals surface area contributed by atoms with Crippen LogP contribution in [0.5, 0.6) is 0 Å². The Morgan fingerprint density at radius 2 is 2.20 bits per heavy atom. The van der Waals surface area contributed by atoms with Crippen molar-refractivity contribution in [1.29, 1.82) is 0 Å². The summed E-state index contributed by atoms with van der Waals surface area (Å²) >= 11 is 1.44. The number of carbonyl (C=O) groups is 1. The maximum absolute atomic E-state index is 12.7. The Balaban J connectivity index is 1.71. The lowest BCUT2D eigenvalue weighted by molar-refractivity contribution is -0.00293. The van der Waals surface area contributed by atoms with E-state index in [2.05, 4.69) is 9.97 Å². The van der Waals surface area contributed by atoms with Gasteiger partial charge in [-0.3, -0.25) is 9.59 Å². The van der Waals surface area contributed by atoms with Gasteiger partial charge in [0.25, 0.3) is 11.5 Å². The van der Waals surface area contributed by atoms with Crippen LogP contribution in [-0.2, 0) is 10.5 Å². The van der Waals surface area contributed by atoms with Crippen molar-refractivity contribution in [3.05, 3.63) is 58.0 Å². The minimum absolute atomic E-state index is 0.00721. The molecule has 0 aliphatic carbocycles. The van der Waals surface area contributed by atoms with Gasteiger partial charge in [-0.1, -0.05) is 49.0 Å². The van der Waals surface area contributed by atoms with Crippen LogP contribution >= 0.6 is 11.8 Å². The summed E-state index contributed by atoms with van der Waals surface area (Å²) in [6.07, 6.45) is 2.18. The van der Waals surface area contributed by atoms with Crippen LogP contribution in [0.1, 0.15) is 29.3 Å². The Bertz CT molecular complexity index is 779. The van der Waals surface area contributed by atoms with E-state index < -0.39 is 5.56 Å². The van der Waals surface area contributed by atoms with Crippen molar-refractivity contribution < 1.29 is 9.53 Å². The standard InChI is InChI=1S/C18H21N3O3S/c1-2-14-11-24-9-8-21(14)17(23)15-10-19-18(20-16(15)22)25-12-13-6-4-3-5-7-13/h3-7,10,14H,2,8-9,11-12H2,1H3,(H,19,20,22)/t14-/m0/s1. The first-order valence-electron chi connectivity index (χ1n) is 8.33. The summed E-state index contributed by atoms with van der Waals surface area (Å²) in [5, 5.41) is 0.513. The number of H-pyrrole nitrogens is 1. The number of rotatable bonds is 5. The number of aromatic amines is 1. The van der Waals surface area contributed by atoms with Crippen LogP contribution in [0.4, 0.5) is 0 Å². The summed E-state index contributed by atoms with van der Waals surface area (Å²) in [7, 11) is 0. The van der Waals surface area contributed by atoms with E-state index in [0.29, 0.717) is 30.7 Å². The minimum Gasteiger partial charge on any atom is -0.377 e. The van der Waals surface area contributed by atoms with Gasteiger partial charge >= 0.3 is 0 Å². The predicted molar refractivity (Wildman–Crippen MR) is 96.8 cm³/mol. The van der Waals surface area contributed by atoms with Crippen LogP contribution < -0.4 is 5.56 Å². The van der Waals surface area contributed by atoms with E-state index >= 15 is 0 Å². The number of thioether (sulfide) groups is 1. The summed E-state index contributed by atoms with van der Waals surface area (Å²) < 4.78 is 5.41. The number of benzene rings is 1. The van der Waals surface area contributed by atoms with Gasteiger partial charge in [-0.25, -0.2) is 4.98 Å². The van der Waals surface area contributed by atoms with Crippen molar-refractivity contribution in [2.75, 3.05) is 19.8 Å². The van der Waals surface area contributed by atoms with Crippen molar-refractivity contribution in [2.24, 2.45) is 0 Å². The third-order valence-corrected chi connectivity index (χ3v) is 5.14. The third kappa shape index (κ3) is 4.29. The summed E-state index contributed by atoms with van der Waals surface area (Å²) in [5.41, 5.74) is 0.843. The van der Waals surface area contributed by atoms with Crippen molar-refractivity contribution in [2.45, 2.75) is 30.3 Å². The summed E-state index contributed by atoms with van der Waals surface area (Å²) in [6.45, 7) is 3.52. The molecule has 2 aromatic rings. The number of amides is 1. The Morgan fingerprint density at radius 3 is 2.92 bits per heavy atom. The van der Waals surface area contributed by atoms with Crippen molar-refractivity contribution in [1.82, 2.24) is 14.9 Å². The Hall–Kier alpha value is -2.12. The molecule has 1 saturated heterocycles. The monoisotopic (exact) mass is 359 g/mol. The molecule has 0 bridgehead atoms. The van der Waals surface area contributed by atoms with E-state index in [1.165, 1.54) is 18.0 Å². The molecular formula is C18H21N3O3S. The number of nitrogens with zero attached hydrogens (tertiary/aromatic N) is 2. The van der Waals surface area contributed by atoms with Crippen LogP contribution in [0, 0.1) is 0 Å². The van der Waals surface area contributed by atoms with E-state index in [4.69, 9.17) is 4.74 Å². The summed E-state index contributed by atoms with van der Waals surface area (Å²) in [5.74, 6) is 0.432. The van der Waals surface area contributed by atoms with Crippen LogP contribution in [-0.4, -0.2) is 46.6 Å². The topological polar surface area (TPSA) is 75.3 Å². The van der Waals surface area contributed by atoms with Crippen LogP contribution in [0.25, 0.3) is 0 Å². The minimum atomic E-state index is -0.392. The second kappa shape index (κ2) is 8.31. The zero-order valence-electron chi connectivity index (χ0n) is 14.1. The predicted octanol–water partition coefficient (Wildman–Crippen LogP) is 2.31. The molecule has 0 saturated carbocycles. The van der Waals surface area contributed by atoms with E-state index in [0.717, 1.165) is 12.0 Å². The molecule has 3 rings (SSSR count). The summed E-state index contributed by atoms with van der Waals surface area (Å²) in [6, 6.07) is 9.95. The number of hydrogen-bond donors (Lipinski definition) is 1. The van der Waals surface area contributed by atoms with Gasteiger partial charge in [0.05, 0.1) is 19.3 Å². The molecule has 25 heavy (non-hydrogen) atoms.